The molecule has 94 valence electrons. The van der Waals surface area contributed by atoms with Crippen LogP contribution in [-0.2, 0) is 6.61 Å². The largest absolute Gasteiger partial charge is 0.483 e. The van der Waals surface area contributed by atoms with Gasteiger partial charge in [-0.25, -0.2) is 4.39 Å². The minimum Gasteiger partial charge on any atom is -0.483 e. The SMILES string of the molecule is Cc1cccc(OCc2ccc([N+](=O)[O-])o2)c1F. The van der Waals surface area contributed by atoms with Crippen molar-refractivity contribution in [1.29, 1.82) is 0 Å². The third-order valence-corrected chi connectivity index (χ3v) is 2.35. The van der Waals surface area contributed by atoms with Crippen LogP contribution < -0.4 is 4.74 Å². The van der Waals surface area contributed by atoms with Crippen LogP contribution in [0.1, 0.15) is 11.3 Å². The van der Waals surface area contributed by atoms with Crippen molar-refractivity contribution in [2.75, 3.05) is 0 Å². The molecule has 0 bridgehead atoms. The summed E-state index contributed by atoms with van der Waals surface area (Å²) in [6.45, 7) is 1.56. The van der Waals surface area contributed by atoms with Crippen molar-refractivity contribution in [1.82, 2.24) is 0 Å². The molecule has 0 aliphatic rings. The van der Waals surface area contributed by atoms with Crippen molar-refractivity contribution in [3.8, 4) is 5.75 Å². The molecule has 18 heavy (non-hydrogen) atoms. The fourth-order valence-electron chi connectivity index (χ4n) is 1.42. The van der Waals surface area contributed by atoms with Gasteiger partial charge in [-0.2, -0.15) is 0 Å². The van der Waals surface area contributed by atoms with E-state index in [1.807, 2.05) is 0 Å². The van der Waals surface area contributed by atoms with E-state index in [9.17, 15) is 14.5 Å². The molecular formula is C12H10FNO4. The van der Waals surface area contributed by atoms with Crippen LogP contribution in [-0.4, -0.2) is 4.92 Å². The van der Waals surface area contributed by atoms with E-state index in [-0.39, 0.29) is 24.0 Å². The molecule has 0 unspecified atom stereocenters. The van der Waals surface area contributed by atoms with Gasteiger partial charge in [0.15, 0.2) is 11.6 Å². The van der Waals surface area contributed by atoms with Crippen LogP contribution in [0.15, 0.2) is 34.7 Å². The van der Waals surface area contributed by atoms with E-state index in [1.54, 1.807) is 19.1 Å². The Morgan fingerprint density at radius 2 is 2.17 bits per heavy atom. The number of aryl methyl sites for hydroxylation is 1. The summed E-state index contributed by atoms with van der Waals surface area (Å²) >= 11 is 0. The first kappa shape index (κ1) is 12.1. The minimum absolute atomic E-state index is 0.0613. The number of rotatable bonds is 4. The summed E-state index contributed by atoms with van der Waals surface area (Å²) in [6, 6.07) is 7.43. The Morgan fingerprint density at radius 1 is 1.39 bits per heavy atom. The molecule has 5 nitrogen and oxygen atoms in total. The van der Waals surface area contributed by atoms with Crippen LogP contribution in [0.5, 0.6) is 5.75 Å². The van der Waals surface area contributed by atoms with Crippen LogP contribution in [0.25, 0.3) is 0 Å². The number of benzene rings is 1. The van der Waals surface area contributed by atoms with Gasteiger partial charge in [0.1, 0.15) is 17.3 Å². The van der Waals surface area contributed by atoms with Gasteiger partial charge in [0.05, 0.1) is 6.07 Å². The number of hydrogen-bond acceptors (Lipinski definition) is 4. The molecule has 0 amide bonds. The molecule has 0 saturated carbocycles. The Labute approximate surface area is 102 Å². The van der Waals surface area contributed by atoms with Crippen molar-refractivity contribution in [2.24, 2.45) is 0 Å². The molecule has 6 heteroatoms. The fourth-order valence-corrected chi connectivity index (χ4v) is 1.42. The van der Waals surface area contributed by atoms with Gasteiger partial charge in [0, 0.05) is 0 Å². The Kier molecular flexibility index (Phi) is 3.27. The highest BCUT2D eigenvalue weighted by atomic mass is 19.1. The van der Waals surface area contributed by atoms with Gasteiger partial charge in [0.25, 0.3) is 0 Å². The first-order valence-electron chi connectivity index (χ1n) is 5.19. The number of nitrogens with zero attached hydrogens (tertiary/aromatic N) is 1. The second kappa shape index (κ2) is 4.87. The second-order valence-electron chi connectivity index (χ2n) is 3.67. The van der Waals surface area contributed by atoms with Gasteiger partial charge in [-0.3, -0.25) is 10.1 Å². The van der Waals surface area contributed by atoms with Gasteiger partial charge < -0.3 is 9.15 Å². The Balaban J connectivity index is 2.07. The molecule has 2 rings (SSSR count). The Morgan fingerprint density at radius 3 is 2.83 bits per heavy atom. The number of nitro groups is 1. The minimum atomic E-state index is -0.642. The van der Waals surface area contributed by atoms with Crippen LogP contribution in [0.3, 0.4) is 0 Å². The van der Waals surface area contributed by atoms with E-state index in [2.05, 4.69) is 0 Å². The predicted molar refractivity (Wildman–Crippen MR) is 60.8 cm³/mol. The molecular weight excluding hydrogens is 241 g/mol. The zero-order valence-corrected chi connectivity index (χ0v) is 9.55. The summed E-state index contributed by atoms with van der Waals surface area (Å²) < 4.78 is 23.7. The lowest BCUT2D eigenvalue weighted by Gasteiger charge is -2.06. The summed E-state index contributed by atoms with van der Waals surface area (Å²) in [6.07, 6.45) is 0. The molecule has 1 aromatic heterocycles. The lowest BCUT2D eigenvalue weighted by atomic mass is 10.2. The molecule has 0 N–H and O–H groups in total. The van der Waals surface area contributed by atoms with Gasteiger partial charge in [-0.05, 0) is 24.6 Å². The number of hydrogen-bond donors (Lipinski definition) is 0. The Bertz CT molecular complexity index is 579. The van der Waals surface area contributed by atoms with Crippen molar-refractivity contribution in [3.63, 3.8) is 0 Å². The third-order valence-electron chi connectivity index (χ3n) is 2.35. The lowest BCUT2D eigenvalue weighted by molar-refractivity contribution is -0.402. The van der Waals surface area contributed by atoms with Crippen LogP contribution in [0.4, 0.5) is 10.3 Å². The average Bonchev–Trinajstić information content (AvgIpc) is 2.80. The topological polar surface area (TPSA) is 65.5 Å². The first-order chi connectivity index (χ1) is 8.58. The number of halogens is 1. The van der Waals surface area contributed by atoms with E-state index in [0.717, 1.165) is 0 Å². The number of furan rings is 1. The highest BCUT2D eigenvalue weighted by Crippen LogP contribution is 2.22. The first-order valence-corrected chi connectivity index (χ1v) is 5.19. The van der Waals surface area contributed by atoms with E-state index in [0.29, 0.717) is 5.56 Å². The smallest absolute Gasteiger partial charge is 0.433 e. The second-order valence-corrected chi connectivity index (χ2v) is 3.67. The lowest BCUT2D eigenvalue weighted by Crippen LogP contribution is -1.97. The molecule has 0 radical (unpaired) electrons. The summed E-state index contributed by atoms with van der Waals surface area (Å²) in [7, 11) is 0. The normalized spacial score (nSPS) is 10.3. The maximum Gasteiger partial charge on any atom is 0.433 e. The standard InChI is InChI=1S/C12H10FNO4/c1-8-3-2-4-10(12(8)13)17-7-9-5-6-11(18-9)14(15)16/h2-6H,7H2,1H3. The van der Waals surface area contributed by atoms with E-state index in [1.165, 1.54) is 18.2 Å². The molecule has 0 spiro atoms. The molecule has 0 atom stereocenters. The molecule has 0 saturated heterocycles. The number of ether oxygens (including phenoxy) is 1. The van der Waals surface area contributed by atoms with Crippen molar-refractivity contribution < 1.29 is 18.5 Å². The van der Waals surface area contributed by atoms with Crippen LogP contribution in [0, 0.1) is 22.9 Å². The van der Waals surface area contributed by atoms with Crippen molar-refractivity contribution >= 4 is 5.88 Å². The van der Waals surface area contributed by atoms with Gasteiger partial charge in [-0.1, -0.05) is 12.1 Å². The zero-order chi connectivity index (χ0) is 13.1. The summed E-state index contributed by atoms with van der Waals surface area (Å²) in [5.41, 5.74) is 0.470. The van der Waals surface area contributed by atoms with Gasteiger partial charge >= 0.3 is 5.88 Å². The molecule has 1 heterocycles. The van der Waals surface area contributed by atoms with E-state index >= 15 is 0 Å². The summed E-state index contributed by atoms with van der Waals surface area (Å²) in [5.74, 6) is -0.450. The Hall–Kier alpha value is -2.37. The van der Waals surface area contributed by atoms with Gasteiger partial charge in [0.2, 0.25) is 0 Å². The maximum atomic E-state index is 13.6. The molecule has 0 aliphatic carbocycles. The van der Waals surface area contributed by atoms with Crippen LogP contribution >= 0.6 is 0 Å². The monoisotopic (exact) mass is 251 g/mol. The molecule has 2 aromatic rings. The predicted octanol–water partition coefficient (Wildman–Crippen LogP) is 3.21. The van der Waals surface area contributed by atoms with Gasteiger partial charge in [-0.15, -0.1) is 0 Å². The molecule has 0 aliphatic heterocycles. The highest BCUT2D eigenvalue weighted by molar-refractivity contribution is 5.30. The average molecular weight is 251 g/mol. The third kappa shape index (κ3) is 2.48. The van der Waals surface area contributed by atoms with Crippen molar-refractivity contribution in [3.05, 3.63) is 57.6 Å². The molecule has 1 aromatic carbocycles. The van der Waals surface area contributed by atoms with E-state index < -0.39 is 10.7 Å². The highest BCUT2D eigenvalue weighted by Gasteiger charge is 2.13. The molecule has 0 fully saturated rings. The van der Waals surface area contributed by atoms with Crippen molar-refractivity contribution in [2.45, 2.75) is 13.5 Å². The van der Waals surface area contributed by atoms with Crippen LogP contribution in [0.2, 0.25) is 0 Å². The quantitative estimate of drug-likeness (QED) is 0.618. The summed E-state index contributed by atoms with van der Waals surface area (Å²) in [4.78, 5) is 9.76. The fraction of sp³-hybridized carbons (Fsp3) is 0.167. The maximum absolute atomic E-state index is 13.6. The van der Waals surface area contributed by atoms with E-state index in [4.69, 9.17) is 9.15 Å². The zero-order valence-electron chi connectivity index (χ0n) is 9.55. The summed E-state index contributed by atoms with van der Waals surface area (Å²) in [5, 5.41) is 10.4.